The van der Waals surface area contributed by atoms with Crippen LogP contribution in [0.5, 0.6) is 23.0 Å². The lowest BCUT2D eigenvalue weighted by Crippen LogP contribution is -2.42. The molecule has 2 aromatic rings. The fourth-order valence-electron chi connectivity index (χ4n) is 3.89. The third kappa shape index (κ3) is 4.53. The van der Waals surface area contributed by atoms with Crippen LogP contribution in [0.4, 0.5) is 0 Å². The number of aliphatic hydroxyl groups excluding tert-OH is 1. The van der Waals surface area contributed by atoms with Crippen molar-refractivity contribution in [3.8, 4) is 23.0 Å². The van der Waals surface area contributed by atoms with Gasteiger partial charge in [0.15, 0.2) is 12.4 Å². The molecule has 0 aliphatic carbocycles. The monoisotopic (exact) mass is 469 g/mol. The standard InChI is InChI=1S/C24H23NO9/c1-31-15-4-3-13(19(9-15)32-2)7-21-23(28)17-6-5-16(10-20(17)34-21)33-12-22(27)25-11-14(26)8-18(25)24(29)30/h3-7,9-10,14,18,26H,8,11-12H2,1-2H3,(H,29,30)/t14-,18-/m0/s1. The molecular weight excluding hydrogens is 446 g/mol. The van der Waals surface area contributed by atoms with Gasteiger partial charge in [0.25, 0.3) is 5.91 Å². The van der Waals surface area contributed by atoms with Gasteiger partial charge in [-0.15, -0.1) is 0 Å². The number of Topliss-reactive ketones (excluding diaryl/α,β-unsaturated/α-hetero) is 1. The zero-order valence-corrected chi connectivity index (χ0v) is 18.5. The number of benzene rings is 2. The number of amides is 1. The predicted molar refractivity (Wildman–Crippen MR) is 118 cm³/mol. The molecule has 0 unspecified atom stereocenters. The summed E-state index contributed by atoms with van der Waals surface area (Å²) in [6.07, 6.45) is 0.651. The summed E-state index contributed by atoms with van der Waals surface area (Å²) >= 11 is 0. The molecule has 1 fully saturated rings. The van der Waals surface area contributed by atoms with E-state index in [4.69, 9.17) is 18.9 Å². The summed E-state index contributed by atoms with van der Waals surface area (Å²) in [5, 5.41) is 18.9. The SMILES string of the molecule is COc1ccc(C=C2Oc3cc(OCC(=O)N4C[C@@H](O)C[C@H]4C(=O)O)ccc3C2=O)c(OC)c1. The number of likely N-dealkylation sites (tertiary alicyclic amines) is 1. The molecule has 2 aliphatic heterocycles. The molecule has 1 amide bonds. The van der Waals surface area contributed by atoms with Gasteiger partial charge in [0.1, 0.15) is 29.0 Å². The van der Waals surface area contributed by atoms with E-state index in [2.05, 4.69) is 0 Å². The average molecular weight is 469 g/mol. The molecule has 0 spiro atoms. The highest BCUT2D eigenvalue weighted by molar-refractivity contribution is 6.14. The largest absolute Gasteiger partial charge is 0.497 e. The summed E-state index contributed by atoms with van der Waals surface area (Å²) < 4.78 is 21.8. The Kier molecular flexibility index (Phi) is 6.42. The zero-order chi connectivity index (χ0) is 24.4. The Morgan fingerprint density at radius 3 is 2.62 bits per heavy atom. The summed E-state index contributed by atoms with van der Waals surface area (Å²) in [7, 11) is 3.05. The number of allylic oxidation sites excluding steroid dienone is 1. The molecule has 1 saturated heterocycles. The Bertz CT molecular complexity index is 1170. The van der Waals surface area contributed by atoms with E-state index in [1.807, 2.05) is 0 Å². The van der Waals surface area contributed by atoms with Crippen molar-refractivity contribution >= 4 is 23.7 Å². The lowest BCUT2D eigenvalue weighted by molar-refractivity contribution is -0.148. The summed E-state index contributed by atoms with van der Waals surface area (Å²) in [5.41, 5.74) is 0.966. The van der Waals surface area contributed by atoms with E-state index in [1.165, 1.54) is 25.3 Å². The quantitative estimate of drug-likeness (QED) is 0.582. The van der Waals surface area contributed by atoms with Crippen LogP contribution in [0, 0.1) is 0 Å². The first kappa shape index (κ1) is 23.1. The van der Waals surface area contributed by atoms with Crippen LogP contribution in [0.3, 0.4) is 0 Å². The van der Waals surface area contributed by atoms with Gasteiger partial charge in [-0.3, -0.25) is 9.59 Å². The number of nitrogens with zero attached hydrogens (tertiary/aromatic N) is 1. The van der Waals surface area contributed by atoms with Crippen LogP contribution in [-0.4, -0.2) is 72.3 Å². The topological polar surface area (TPSA) is 132 Å². The highest BCUT2D eigenvalue weighted by Gasteiger charge is 2.39. The van der Waals surface area contributed by atoms with E-state index >= 15 is 0 Å². The van der Waals surface area contributed by atoms with Crippen molar-refractivity contribution in [3.05, 3.63) is 53.3 Å². The maximum absolute atomic E-state index is 12.8. The molecule has 0 radical (unpaired) electrons. The second kappa shape index (κ2) is 9.44. The number of fused-ring (bicyclic) bond motifs is 1. The van der Waals surface area contributed by atoms with Crippen molar-refractivity contribution in [2.24, 2.45) is 0 Å². The van der Waals surface area contributed by atoms with Gasteiger partial charge in [-0.2, -0.15) is 0 Å². The van der Waals surface area contributed by atoms with Gasteiger partial charge in [-0.1, -0.05) is 0 Å². The highest BCUT2D eigenvalue weighted by atomic mass is 16.5. The van der Waals surface area contributed by atoms with Crippen molar-refractivity contribution in [1.82, 2.24) is 4.90 Å². The molecule has 2 heterocycles. The fraction of sp³-hybridized carbons (Fsp3) is 0.292. The first-order valence-electron chi connectivity index (χ1n) is 10.4. The number of hydrogen-bond donors (Lipinski definition) is 2. The first-order chi connectivity index (χ1) is 16.3. The number of aliphatic hydroxyl groups is 1. The molecule has 4 rings (SSSR count). The minimum atomic E-state index is -1.18. The van der Waals surface area contributed by atoms with Gasteiger partial charge in [0, 0.05) is 30.7 Å². The molecule has 10 heteroatoms. The second-order valence-corrected chi connectivity index (χ2v) is 7.78. The zero-order valence-electron chi connectivity index (χ0n) is 18.5. The Hall–Kier alpha value is -4.05. The van der Waals surface area contributed by atoms with E-state index in [-0.39, 0.29) is 36.0 Å². The number of carbonyl (C=O) groups excluding carboxylic acids is 2. The lowest BCUT2D eigenvalue weighted by atomic mass is 10.1. The molecule has 2 N–H and O–H groups in total. The molecule has 0 saturated carbocycles. The number of carboxylic acid groups (broad SMARTS) is 1. The van der Waals surface area contributed by atoms with Crippen LogP contribution < -0.4 is 18.9 Å². The smallest absolute Gasteiger partial charge is 0.326 e. The maximum atomic E-state index is 12.8. The number of rotatable bonds is 7. The summed E-state index contributed by atoms with van der Waals surface area (Å²) in [6, 6.07) is 8.62. The third-order valence-corrected chi connectivity index (χ3v) is 5.62. The molecule has 0 bridgehead atoms. The molecule has 34 heavy (non-hydrogen) atoms. The van der Waals surface area contributed by atoms with Crippen LogP contribution in [0.2, 0.25) is 0 Å². The number of ether oxygens (including phenoxy) is 4. The third-order valence-electron chi connectivity index (χ3n) is 5.62. The Morgan fingerprint density at radius 1 is 1.15 bits per heavy atom. The minimum absolute atomic E-state index is 0.0238. The Labute approximate surface area is 194 Å². The molecule has 178 valence electrons. The maximum Gasteiger partial charge on any atom is 0.326 e. The van der Waals surface area contributed by atoms with Crippen molar-refractivity contribution in [2.75, 3.05) is 27.4 Å². The van der Waals surface area contributed by atoms with Crippen LogP contribution in [0.25, 0.3) is 6.08 Å². The summed E-state index contributed by atoms with van der Waals surface area (Å²) in [5.74, 6) is -0.295. The normalized spacial score (nSPS) is 20.1. The van der Waals surface area contributed by atoms with E-state index in [0.717, 1.165) is 4.90 Å². The van der Waals surface area contributed by atoms with Crippen LogP contribution in [-0.2, 0) is 9.59 Å². The minimum Gasteiger partial charge on any atom is -0.497 e. The summed E-state index contributed by atoms with van der Waals surface area (Å²) in [6.45, 7) is -0.487. The number of ketones is 1. The van der Waals surface area contributed by atoms with E-state index < -0.39 is 30.6 Å². The molecule has 0 aromatic heterocycles. The average Bonchev–Trinajstić information content (AvgIpc) is 3.37. The number of methoxy groups -OCH3 is 2. The van der Waals surface area contributed by atoms with Gasteiger partial charge in [-0.05, 0) is 30.3 Å². The second-order valence-electron chi connectivity index (χ2n) is 7.78. The van der Waals surface area contributed by atoms with Crippen molar-refractivity contribution in [3.63, 3.8) is 0 Å². The van der Waals surface area contributed by atoms with Gasteiger partial charge in [0.05, 0.1) is 25.9 Å². The van der Waals surface area contributed by atoms with Crippen molar-refractivity contribution in [1.29, 1.82) is 0 Å². The van der Waals surface area contributed by atoms with Crippen LogP contribution in [0.1, 0.15) is 22.3 Å². The van der Waals surface area contributed by atoms with Crippen molar-refractivity contribution in [2.45, 2.75) is 18.6 Å². The fourth-order valence-corrected chi connectivity index (χ4v) is 3.89. The molecule has 2 atom stereocenters. The molecule has 2 aliphatic rings. The molecule has 10 nitrogen and oxygen atoms in total. The number of β-amino-alcohol motifs (C(OH)–C–C–N with tert-alkyl or cyclic N) is 1. The van der Waals surface area contributed by atoms with Crippen LogP contribution in [0.15, 0.2) is 42.2 Å². The van der Waals surface area contributed by atoms with Gasteiger partial charge in [0.2, 0.25) is 5.78 Å². The predicted octanol–water partition coefficient (Wildman–Crippen LogP) is 1.75. The van der Waals surface area contributed by atoms with Crippen molar-refractivity contribution < 1.29 is 43.5 Å². The van der Waals surface area contributed by atoms with Gasteiger partial charge < -0.3 is 34.1 Å². The molecular formula is C24H23NO9. The molecule has 2 aromatic carbocycles. The Balaban J connectivity index is 1.46. The van der Waals surface area contributed by atoms with Gasteiger partial charge in [-0.25, -0.2) is 4.79 Å². The van der Waals surface area contributed by atoms with E-state index in [0.29, 0.717) is 22.6 Å². The summed E-state index contributed by atoms with van der Waals surface area (Å²) in [4.78, 5) is 37.6. The number of carboxylic acids is 1. The number of carbonyl (C=O) groups is 3. The number of aliphatic carboxylic acids is 1. The number of hydrogen-bond acceptors (Lipinski definition) is 8. The van der Waals surface area contributed by atoms with E-state index in [1.54, 1.807) is 31.4 Å². The first-order valence-corrected chi connectivity index (χ1v) is 10.4. The van der Waals surface area contributed by atoms with Gasteiger partial charge >= 0.3 is 5.97 Å². The Morgan fingerprint density at radius 2 is 1.91 bits per heavy atom. The van der Waals surface area contributed by atoms with E-state index in [9.17, 15) is 24.6 Å². The lowest BCUT2D eigenvalue weighted by Gasteiger charge is -2.21. The van der Waals surface area contributed by atoms with Crippen LogP contribution >= 0.6 is 0 Å². The highest BCUT2D eigenvalue weighted by Crippen LogP contribution is 2.36.